The Hall–Kier alpha value is -2.11. The second-order valence-corrected chi connectivity index (χ2v) is 7.02. The number of nitrogens with one attached hydrogen (secondary N) is 1. The number of carbonyl (C=O) groups is 2. The third-order valence-electron chi connectivity index (χ3n) is 4.64. The molecule has 1 aromatic heterocycles. The van der Waals surface area contributed by atoms with Crippen molar-refractivity contribution in [3.05, 3.63) is 30.1 Å². The van der Waals surface area contributed by atoms with E-state index in [1.165, 1.54) is 4.90 Å². The Morgan fingerprint density at radius 3 is 2.71 bits per heavy atom. The van der Waals surface area contributed by atoms with Crippen molar-refractivity contribution in [2.45, 2.75) is 32.7 Å². The monoisotopic (exact) mass is 332 g/mol. The van der Waals surface area contributed by atoms with Gasteiger partial charge in [0.15, 0.2) is 0 Å². The van der Waals surface area contributed by atoms with E-state index >= 15 is 0 Å². The third kappa shape index (κ3) is 4.69. The van der Waals surface area contributed by atoms with Crippen LogP contribution in [0.15, 0.2) is 24.5 Å². The summed E-state index contributed by atoms with van der Waals surface area (Å²) in [5.41, 5.74) is 1.07. The largest absolute Gasteiger partial charge is 0.340 e. The van der Waals surface area contributed by atoms with Crippen molar-refractivity contribution < 1.29 is 9.59 Å². The lowest BCUT2D eigenvalue weighted by Gasteiger charge is -2.24. The molecule has 0 aliphatic carbocycles. The number of carbonyl (C=O) groups excluding carboxylic acids is 2. The van der Waals surface area contributed by atoms with E-state index in [4.69, 9.17) is 0 Å². The summed E-state index contributed by atoms with van der Waals surface area (Å²) in [5.74, 6) is 0.843. The van der Waals surface area contributed by atoms with Gasteiger partial charge >= 0.3 is 6.03 Å². The van der Waals surface area contributed by atoms with Crippen LogP contribution in [0.1, 0.15) is 25.8 Å². The second-order valence-electron chi connectivity index (χ2n) is 7.02. The molecule has 3 amide bonds. The van der Waals surface area contributed by atoms with Gasteiger partial charge in [0.25, 0.3) is 0 Å². The van der Waals surface area contributed by atoms with Crippen molar-refractivity contribution in [2.75, 3.05) is 27.2 Å². The zero-order chi connectivity index (χ0) is 17.7. The Labute approximate surface area is 144 Å². The van der Waals surface area contributed by atoms with Crippen molar-refractivity contribution >= 4 is 11.9 Å². The topological polar surface area (TPSA) is 65.5 Å². The van der Waals surface area contributed by atoms with Crippen LogP contribution in [0, 0.1) is 11.8 Å². The van der Waals surface area contributed by atoms with Crippen LogP contribution in [-0.2, 0) is 11.2 Å². The summed E-state index contributed by atoms with van der Waals surface area (Å²) in [7, 11) is 3.46. The van der Waals surface area contributed by atoms with Crippen LogP contribution in [0.25, 0.3) is 0 Å². The van der Waals surface area contributed by atoms with E-state index in [9.17, 15) is 9.59 Å². The Morgan fingerprint density at radius 1 is 1.38 bits per heavy atom. The minimum Gasteiger partial charge on any atom is -0.340 e. The number of urea groups is 1. The molecule has 0 saturated carbocycles. The molecule has 1 saturated heterocycles. The summed E-state index contributed by atoms with van der Waals surface area (Å²) in [5, 5.41) is 3.05. The van der Waals surface area contributed by atoms with E-state index in [-0.39, 0.29) is 23.9 Å². The molecule has 132 valence electrons. The van der Waals surface area contributed by atoms with Crippen LogP contribution in [0.5, 0.6) is 0 Å². The molecule has 2 atom stereocenters. The molecule has 0 aromatic carbocycles. The van der Waals surface area contributed by atoms with E-state index in [0.29, 0.717) is 31.8 Å². The molecule has 6 heteroatoms. The van der Waals surface area contributed by atoms with Gasteiger partial charge in [-0.05, 0) is 24.0 Å². The number of hydrogen-bond acceptors (Lipinski definition) is 3. The first-order valence-electron chi connectivity index (χ1n) is 8.53. The first-order chi connectivity index (χ1) is 11.4. The molecule has 1 aromatic rings. The number of aromatic nitrogens is 1. The Morgan fingerprint density at radius 2 is 2.12 bits per heavy atom. The van der Waals surface area contributed by atoms with Crippen LogP contribution in [0.3, 0.4) is 0 Å². The molecule has 1 aliphatic heterocycles. The number of aryl methyl sites for hydroxylation is 1. The summed E-state index contributed by atoms with van der Waals surface area (Å²) in [6.07, 6.45) is 4.71. The standard InChI is InChI=1S/C18H28N4O2/c1-13(2)15-11-22(12-16(15)20-18(24)21(3)4)17(23)8-7-14-6-5-9-19-10-14/h5-6,9-10,13,15-16H,7-8,11-12H2,1-4H3,(H,20,24). The molecule has 0 radical (unpaired) electrons. The van der Waals surface area contributed by atoms with Crippen LogP contribution in [0.4, 0.5) is 4.79 Å². The molecule has 1 fully saturated rings. The molecule has 2 heterocycles. The van der Waals surface area contributed by atoms with Gasteiger partial charge in [-0.25, -0.2) is 4.79 Å². The Balaban J connectivity index is 1.93. The number of hydrogen-bond donors (Lipinski definition) is 1. The molecule has 1 aliphatic rings. The van der Waals surface area contributed by atoms with E-state index in [2.05, 4.69) is 24.1 Å². The predicted octanol–water partition coefficient (Wildman–Crippen LogP) is 1.77. The first-order valence-corrected chi connectivity index (χ1v) is 8.53. The number of rotatable bonds is 5. The fourth-order valence-electron chi connectivity index (χ4n) is 3.10. The van der Waals surface area contributed by atoms with Crippen molar-refractivity contribution in [1.29, 1.82) is 0 Å². The number of amides is 3. The smallest absolute Gasteiger partial charge is 0.317 e. The fourth-order valence-corrected chi connectivity index (χ4v) is 3.10. The normalized spacial score (nSPS) is 20.3. The minimum atomic E-state index is -0.102. The van der Waals surface area contributed by atoms with E-state index in [1.54, 1.807) is 26.5 Å². The molecule has 24 heavy (non-hydrogen) atoms. The van der Waals surface area contributed by atoms with Gasteiger partial charge in [-0.15, -0.1) is 0 Å². The highest BCUT2D eigenvalue weighted by atomic mass is 16.2. The minimum absolute atomic E-state index is 0.0160. The van der Waals surface area contributed by atoms with Gasteiger partial charge in [0.05, 0.1) is 6.04 Å². The molecule has 2 unspecified atom stereocenters. The number of pyridine rings is 1. The van der Waals surface area contributed by atoms with Gasteiger partial charge in [-0.1, -0.05) is 19.9 Å². The van der Waals surface area contributed by atoms with Gasteiger partial charge < -0.3 is 15.1 Å². The highest BCUT2D eigenvalue weighted by molar-refractivity contribution is 5.77. The highest BCUT2D eigenvalue weighted by Crippen LogP contribution is 2.25. The van der Waals surface area contributed by atoms with Gasteiger partial charge in [0, 0.05) is 51.9 Å². The molecule has 1 N–H and O–H groups in total. The lowest BCUT2D eigenvalue weighted by Crippen LogP contribution is -2.46. The molecule has 2 rings (SSSR count). The lowest BCUT2D eigenvalue weighted by atomic mass is 9.91. The maximum atomic E-state index is 12.5. The molecular formula is C18H28N4O2. The summed E-state index contributed by atoms with van der Waals surface area (Å²) in [4.78, 5) is 32.0. The maximum absolute atomic E-state index is 12.5. The average Bonchev–Trinajstić information content (AvgIpc) is 2.97. The second kappa shape index (κ2) is 8.13. The van der Waals surface area contributed by atoms with Crippen LogP contribution in [0.2, 0.25) is 0 Å². The van der Waals surface area contributed by atoms with E-state index in [1.807, 2.05) is 17.0 Å². The van der Waals surface area contributed by atoms with Crippen LogP contribution in [-0.4, -0.2) is 59.9 Å². The highest BCUT2D eigenvalue weighted by Gasteiger charge is 2.37. The van der Waals surface area contributed by atoms with Crippen LogP contribution >= 0.6 is 0 Å². The van der Waals surface area contributed by atoms with Crippen molar-refractivity contribution in [3.63, 3.8) is 0 Å². The molecular weight excluding hydrogens is 304 g/mol. The fraction of sp³-hybridized carbons (Fsp3) is 0.611. The Bertz CT molecular complexity index is 559. The first kappa shape index (κ1) is 18.2. The van der Waals surface area contributed by atoms with E-state index in [0.717, 1.165) is 5.56 Å². The lowest BCUT2D eigenvalue weighted by molar-refractivity contribution is -0.130. The number of likely N-dealkylation sites (tertiary alicyclic amines) is 1. The number of nitrogens with zero attached hydrogens (tertiary/aromatic N) is 3. The third-order valence-corrected chi connectivity index (χ3v) is 4.64. The zero-order valence-electron chi connectivity index (χ0n) is 15.0. The SMILES string of the molecule is CC(C)C1CN(C(=O)CCc2cccnc2)CC1NC(=O)N(C)C. The summed E-state index contributed by atoms with van der Waals surface area (Å²) in [6, 6.07) is 3.79. The van der Waals surface area contributed by atoms with Gasteiger partial charge in [0.2, 0.25) is 5.91 Å². The van der Waals surface area contributed by atoms with Crippen molar-refractivity contribution in [1.82, 2.24) is 20.1 Å². The summed E-state index contributed by atoms with van der Waals surface area (Å²) >= 11 is 0. The van der Waals surface area contributed by atoms with Crippen LogP contribution < -0.4 is 5.32 Å². The zero-order valence-corrected chi connectivity index (χ0v) is 15.0. The summed E-state index contributed by atoms with van der Waals surface area (Å²) in [6.45, 7) is 5.59. The van der Waals surface area contributed by atoms with E-state index < -0.39 is 0 Å². The molecule has 0 spiro atoms. The maximum Gasteiger partial charge on any atom is 0.317 e. The summed E-state index contributed by atoms with van der Waals surface area (Å²) < 4.78 is 0. The molecule has 6 nitrogen and oxygen atoms in total. The van der Waals surface area contributed by atoms with Gasteiger partial charge in [0.1, 0.15) is 0 Å². The van der Waals surface area contributed by atoms with Gasteiger partial charge in [-0.2, -0.15) is 0 Å². The molecule has 0 bridgehead atoms. The quantitative estimate of drug-likeness (QED) is 0.894. The predicted molar refractivity (Wildman–Crippen MR) is 93.5 cm³/mol. The average molecular weight is 332 g/mol. The van der Waals surface area contributed by atoms with Crippen molar-refractivity contribution in [2.24, 2.45) is 11.8 Å². The Kier molecular flexibility index (Phi) is 6.17. The van der Waals surface area contributed by atoms with Gasteiger partial charge in [-0.3, -0.25) is 9.78 Å². The van der Waals surface area contributed by atoms with Crippen molar-refractivity contribution in [3.8, 4) is 0 Å².